The zero-order chi connectivity index (χ0) is 28.9. The molecule has 5 rings (SSSR count). The molecule has 1 saturated carbocycles. The number of nitrogens with zero attached hydrogens (tertiary/aromatic N) is 4. The molecule has 1 aliphatic carbocycles. The van der Waals surface area contributed by atoms with Crippen LogP contribution < -0.4 is 10.6 Å². The van der Waals surface area contributed by atoms with Crippen LogP contribution in [-0.4, -0.2) is 94.5 Å². The van der Waals surface area contributed by atoms with Crippen LogP contribution >= 0.6 is 0 Å². The lowest BCUT2D eigenvalue weighted by Gasteiger charge is -2.39. The van der Waals surface area contributed by atoms with E-state index in [1.54, 1.807) is 44.9 Å². The SMILES string of the molecule is CNC(=O)c1ccc(C(C)N2C(=O)C3C[C@H]2CN3CC(NC(=O)OC(C)(C)C)C(=O)N2C(C#N)C[C@@H]3C[C@@H]32)cc1. The molecule has 40 heavy (non-hydrogen) atoms. The van der Waals surface area contributed by atoms with E-state index < -0.39 is 29.8 Å². The fourth-order valence-electron chi connectivity index (χ4n) is 6.56. The van der Waals surface area contributed by atoms with Crippen LogP contribution in [0.3, 0.4) is 0 Å². The number of ether oxygens (including phenoxy) is 1. The van der Waals surface area contributed by atoms with Crippen molar-refractivity contribution < 1.29 is 23.9 Å². The summed E-state index contributed by atoms with van der Waals surface area (Å²) in [7, 11) is 1.58. The van der Waals surface area contributed by atoms with Gasteiger partial charge in [-0.1, -0.05) is 12.1 Å². The van der Waals surface area contributed by atoms with Crippen LogP contribution in [0, 0.1) is 17.2 Å². The Bertz CT molecular complexity index is 1240. The topological polar surface area (TPSA) is 135 Å². The molecule has 11 heteroatoms. The summed E-state index contributed by atoms with van der Waals surface area (Å²) in [6, 6.07) is 7.51. The number of alkyl carbamates (subject to hydrolysis) is 1. The molecule has 3 aliphatic heterocycles. The lowest BCUT2D eigenvalue weighted by atomic mass is 10.0. The van der Waals surface area contributed by atoms with E-state index in [1.807, 2.05) is 28.9 Å². The molecule has 4 unspecified atom stereocenters. The maximum absolute atomic E-state index is 13.7. The number of nitriles is 1. The van der Waals surface area contributed by atoms with Crippen molar-refractivity contribution in [3.05, 3.63) is 35.4 Å². The lowest BCUT2D eigenvalue weighted by Crippen LogP contribution is -2.59. The van der Waals surface area contributed by atoms with Crippen LogP contribution in [0.5, 0.6) is 0 Å². The van der Waals surface area contributed by atoms with Crippen LogP contribution in [0.1, 0.15) is 68.9 Å². The van der Waals surface area contributed by atoms with Crippen LogP contribution in [0.15, 0.2) is 24.3 Å². The van der Waals surface area contributed by atoms with E-state index >= 15 is 0 Å². The molecular weight excluding hydrogens is 512 g/mol. The molecule has 0 radical (unpaired) electrons. The summed E-state index contributed by atoms with van der Waals surface area (Å²) >= 11 is 0. The quantitative estimate of drug-likeness (QED) is 0.529. The first-order valence-corrected chi connectivity index (χ1v) is 14.0. The number of hydrogen-bond donors (Lipinski definition) is 2. The molecule has 11 nitrogen and oxygen atoms in total. The normalized spacial score (nSPS) is 28.5. The average molecular weight is 551 g/mol. The number of carbonyl (C=O) groups excluding carboxylic acids is 4. The fraction of sp³-hybridized carbons (Fsp3) is 0.621. The van der Waals surface area contributed by atoms with E-state index in [0.29, 0.717) is 30.9 Å². The lowest BCUT2D eigenvalue weighted by molar-refractivity contribution is -0.141. The third kappa shape index (κ3) is 5.24. The molecule has 4 fully saturated rings. The molecule has 3 saturated heterocycles. The van der Waals surface area contributed by atoms with E-state index in [0.717, 1.165) is 12.0 Å². The molecule has 0 spiro atoms. The van der Waals surface area contributed by atoms with Gasteiger partial charge in [-0.15, -0.1) is 0 Å². The van der Waals surface area contributed by atoms with Crippen LogP contribution in [0.2, 0.25) is 0 Å². The van der Waals surface area contributed by atoms with Gasteiger partial charge in [-0.3, -0.25) is 19.3 Å². The van der Waals surface area contributed by atoms with Gasteiger partial charge in [-0.25, -0.2) is 4.79 Å². The second-order valence-electron chi connectivity index (χ2n) is 12.4. The smallest absolute Gasteiger partial charge is 0.408 e. The van der Waals surface area contributed by atoms with Crippen LogP contribution in [0.4, 0.5) is 4.79 Å². The Balaban J connectivity index is 1.29. The first kappa shape index (κ1) is 27.9. The van der Waals surface area contributed by atoms with Crippen molar-refractivity contribution >= 4 is 23.8 Å². The standard InChI is InChI=1S/C29H38N6O5/c1-16(17-6-8-18(9-7-17)25(36)31-5)34-21-12-24(27(34)38)33(14-21)15-22(32-28(39)40-29(2,3)4)26(37)35-20(13-30)10-19-11-23(19)35/h6-9,16,19-24H,10-12,14-15H2,1-5H3,(H,31,36)(H,32,39)/t16?,19-,20?,21+,22?,23+,24?/m1/s1. The van der Waals surface area contributed by atoms with Crippen molar-refractivity contribution in [2.24, 2.45) is 5.92 Å². The second-order valence-corrected chi connectivity index (χ2v) is 12.4. The van der Waals surface area contributed by atoms with Gasteiger partial charge in [0.2, 0.25) is 11.8 Å². The number of carbonyl (C=O) groups is 4. The maximum atomic E-state index is 13.7. The highest BCUT2D eigenvalue weighted by Crippen LogP contribution is 2.48. The maximum Gasteiger partial charge on any atom is 0.408 e. The summed E-state index contributed by atoms with van der Waals surface area (Å²) in [5, 5.41) is 15.0. The van der Waals surface area contributed by atoms with Gasteiger partial charge in [0.1, 0.15) is 17.7 Å². The number of benzene rings is 1. The summed E-state index contributed by atoms with van der Waals surface area (Å²) in [6.07, 6.45) is 1.49. The molecule has 3 heterocycles. The Morgan fingerprint density at radius 3 is 2.45 bits per heavy atom. The molecule has 1 aromatic carbocycles. The summed E-state index contributed by atoms with van der Waals surface area (Å²) in [5.41, 5.74) is 0.761. The van der Waals surface area contributed by atoms with Gasteiger partial charge >= 0.3 is 6.09 Å². The van der Waals surface area contributed by atoms with E-state index in [9.17, 15) is 24.4 Å². The minimum Gasteiger partial charge on any atom is -0.444 e. The van der Waals surface area contributed by atoms with Gasteiger partial charge in [0, 0.05) is 37.8 Å². The number of nitrogens with one attached hydrogen (secondary N) is 2. The molecule has 2 bridgehead atoms. The Morgan fingerprint density at radius 2 is 1.85 bits per heavy atom. The molecule has 2 N–H and O–H groups in total. The van der Waals surface area contributed by atoms with Crippen LogP contribution in [-0.2, 0) is 14.3 Å². The Labute approximate surface area is 234 Å². The minimum atomic E-state index is -0.930. The van der Waals surface area contributed by atoms with Gasteiger partial charge < -0.3 is 25.2 Å². The molecule has 1 aromatic rings. The van der Waals surface area contributed by atoms with Gasteiger partial charge in [0.05, 0.1) is 18.2 Å². The number of amides is 4. The monoisotopic (exact) mass is 550 g/mol. The van der Waals surface area contributed by atoms with E-state index in [1.165, 1.54) is 0 Å². The fourth-order valence-corrected chi connectivity index (χ4v) is 6.56. The average Bonchev–Trinajstić information content (AvgIpc) is 3.23. The third-order valence-electron chi connectivity index (χ3n) is 8.53. The van der Waals surface area contributed by atoms with Crippen molar-refractivity contribution in [3.63, 3.8) is 0 Å². The van der Waals surface area contributed by atoms with Crippen molar-refractivity contribution in [3.8, 4) is 6.07 Å². The summed E-state index contributed by atoms with van der Waals surface area (Å²) in [6.45, 7) is 7.99. The van der Waals surface area contributed by atoms with Gasteiger partial charge in [-0.05, 0) is 70.6 Å². The number of rotatable bonds is 7. The van der Waals surface area contributed by atoms with Gasteiger partial charge in [0.15, 0.2) is 0 Å². The highest BCUT2D eigenvalue weighted by atomic mass is 16.6. The Kier molecular flexibility index (Phi) is 7.25. The number of piperidine rings is 1. The first-order valence-electron chi connectivity index (χ1n) is 14.0. The second kappa shape index (κ2) is 10.4. The first-order chi connectivity index (χ1) is 18.9. The number of hydrogen-bond acceptors (Lipinski definition) is 7. The number of piperazine rings is 1. The predicted molar refractivity (Wildman–Crippen MR) is 145 cm³/mol. The molecule has 7 atom stereocenters. The summed E-state index contributed by atoms with van der Waals surface area (Å²) in [5.74, 6) is -0.122. The third-order valence-corrected chi connectivity index (χ3v) is 8.53. The summed E-state index contributed by atoms with van der Waals surface area (Å²) < 4.78 is 5.44. The zero-order valence-electron chi connectivity index (χ0n) is 23.7. The number of likely N-dealkylation sites (tertiary alicyclic amines) is 3. The molecule has 0 aromatic heterocycles. The van der Waals surface area contributed by atoms with E-state index in [2.05, 4.69) is 16.7 Å². The van der Waals surface area contributed by atoms with Crippen molar-refractivity contribution in [2.75, 3.05) is 20.1 Å². The van der Waals surface area contributed by atoms with Crippen molar-refractivity contribution in [1.29, 1.82) is 5.26 Å². The molecular formula is C29H38N6O5. The largest absolute Gasteiger partial charge is 0.444 e. The van der Waals surface area contributed by atoms with E-state index in [4.69, 9.17) is 4.74 Å². The zero-order valence-corrected chi connectivity index (χ0v) is 23.7. The molecule has 4 aliphatic rings. The molecule has 214 valence electrons. The minimum absolute atomic E-state index is 0.0130. The van der Waals surface area contributed by atoms with Crippen molar-refractivity contribution in [2.45, 2.75) is 88.8 Å². The summed E-state index contributed by atoms with van der Waals surface area (Å²) in [4.78, 5) is 57.4. The Morgan fingerprint density at radius 1 is 1.15 bits per heavy atom. The van der Waals surface area contributed by atoms with Crippen molar-refractivity contribution in [1.82, 2.24) is 25.3 Å². The van der Waals surface area contributed by atoms with Crippen LogP contribution in [0.25, 0.3) is 0 Å². The highest BCUT2D eigenvalue weighted by molar-refractivity contribution is 5.94. The van der Waals surface area contributed by atoms with Gasteiger partial charge in [-0.2, -0.15) is 5.26 Å². The van der Waals surface area contributed by atoms with Gasteiger partial charge in [0.25, 0.3) is 5.91 Å². The van der Waals surface area contributed by atoms with E-state index in [-0.39, 0.29) is 42.4 Å². The predicted octanol–water partition coefficient (Wildman–Crippen LogP) is 1.80. The Hall–Kier alpha value is -3.65. The molecule has 4 amide bonds. The number of fused-ring (bicyclic) bond motifs is 3. The highest BCUT2D eigenvalue weighted by Gasteiger charge is 2.56.